The maximum Gasteiger partial charge on any atom is 0.306 e. The van der Waals surface area contributed by atoms with E-state index in [1.165, 1.54) is 6.07 Å². The molecule has 0 aromatic rings. The number of rotatable bonds is 0. The molecule has 1 fully saturated rings. The number of quaternary nitrogens is 1. The number of hydroxylamine groups is 2. The van der Waals surface area contributed by atoms with Gasteiger partial charge in [0, 0.05) is 0 Å². The summed E-state index contributed by atoms with van der Waals surface area (Å²) in [6.07, 6.45) is 0. The second kappa shape index (κ2) is 2.69. The number of hydrogen-bond donors (Lipinski definition) is 4. The van der Waals surface area contributed by atoms with Gasteiger partial charge in [0.05, 0.1) is 6.07 Å². The molecule has 1 heterocycles. The van der Waals surface area contributed by atoms with Gasteiger partial charge in [-0.15, -0.1) is 0 Å². The number of nitriles is 1. The minimum atomic E-state index is -1.37. The number of hydrogen-bond acceptors (Lipinski definition) is 5. The lowest BCUT2D eigenvalue weighted by Crippen LogP contribution is -3.17. The maximum atomic E-state index is 10.8. The van der Waals surface area contributed by atoms with Crippen LogP contribution in [-0.4, -0.2) is 17.7 Å². The van der Waals surface area contributed by atoms with Crippen LogP contribution in [-0.2, 0) is 4.79 Å². The standard InChI is InChI=1S/C5H5N5O2/c6-1-2-3(7)10(12)5(8)9-4(2)11/h2,7,10H,(H2,8,9,11). The molecule has 0 radical (unpaired) electrons. The molecule has 0 bridgehead atoms. The van der Waals surface area contributed by atoms with Crippen LogP contribution in [0.25, 0.3) is 0 Å². The Balaban J connectivity index is 2.96. The third-order valence-corrected chi connectivity index (χ3v) is 1.40. The molecule has 7 heteroatoms. The first-order valence-electron chi connectivity index (χ1n) is 3.00. The SMILES string of the molecule is N#CC1C(=N)[NH+]([O-])C(=N)NC1=O. The zero-order valence-corrected chi connectivity index (χ0v) is 5.84. The summed E-state index contributed by atoms with van der Waals surface area (Å²) in [6, 6.07) is 1.50. The molecule has 12 heavy (non-hydrogen) atoms. The molecule has 4 N–H and O–H groups in total. The molecule has 0 spiro atoms. The molecular weight excluding hydrogens is 162 g/mol. The van der Waals surface area contributed by atoms with E-state index in [1.807, 2.05) is 5.32 Å². The summed E-state index contributed by atoms with van der Waals surface area (Å²) in [7, 11) is 0. The summed E-state index contributed by atoms with van der Waals surface area (Å²) in [5.74, 6) is -3.43. The molecule has 1 aliphatic heterocycles. The summed E-state index contributed by atoms with van der Waals surface area (Å²) in [4.78, 5) is 10.8. The van der Waals surface area contributed by atoms with Crippen LogP contribution in [0.4, 0.5) is 0 Å². The van der Waals surface area contributed by atoms with Gasteiger partial charge in [-0.25, -0.2) is 5.41 Å². The van der Waals surface area contributed by atoms with E-state index in [-0.39, 0.29) is 0 Å². The average molecular weight is 167 g/mol. The molecule has 0 aromatic carbocycles. The minimum absolute atomic E-state index is 0.633. The fourth-order valence-corrected chi connectivity index (χ4v) is 0.772. The molecule has 2 unspecified atom stereocenters. The zero-order valence-electron chi connectivity index (χ0n) is 5.84. The molecule has 62 valence electrons. The predicted molar refractivity (Wildman–Crippen MR) is 37.0 cm³/mol. The fourth-order valence-electron chi connectivity index (χ4n) is 0.772. The fraction of sp³-hybridized carbons (Fsp3) is 0.200. The van der Waals surface area contributed by atoms with Gasteiger partial charge in [0.25, 0.3) is 5.91 Å². The van der Waals surface area contributed by atoms with E-state index in [2.05, 4.69) is 0 Å². The van der Waals surface area contributed by atoms with Gasteiger partial charge in [-0.1, -0.05) is 0 Å². The van der Waals surface area contributed by atoms with Crippen molar-refractivity contribution in [3.8, 4) is 6.07 Å². The van der Waals surface area contributed by atoms with Crippen LogP contribution in [0.2, 0.25) is 0 Å². The molecular formula is C5H5N5O2. The van der Waals surface area contributed by atoms with Gasteiger partial charge in [-0.05, 0) is 0 Å². The molecule has 0 aromatic heterocycles. The van der Waals surface area contributed by atoms with Crippen molar-refractivity contribution in [3.63, 3.8) is 0 Å². The first kappa shape index (κ1) is 8.32. The van der Waals surface area contributed by atoms with Crippen molar-refractivity contribution in [3.05, 3.63) is 5.21 Å². The van der Waals surface area contributed by atoms with Crippen LogP contribution in [0.15, 0.2) is 0 Å². The molecule has 1 saturated heterocycles. The second-order valence-corrected chi connectivity index (χ2v) is 2.17. The van der Waals surface area contributed by atoms with E-state index >= 15 is 0 Å². The zero-order chi connectivity index (χ0) is 9.30. The van der Waals surface area contributed by atoms with E-state index in [0.29, 0.717) is 0 Å². The van der Waals surface area contributed by atoms with E-state index in [0.717, 1.165) is 0 Å². The maximum absolute atomic E-state index is 10.8. The number of amides is 1. The minimum Gasteiger partial charge on any atom is -0.620 e. The number of carbonyl (C=O) groups excluding carboxylic acids is 1. The van der Waals surface area contributed by atoms with Gasteiger partial charge in [0.15, 0.2) is 0 Å². The number of guanidine groups is 1. The second-order valence-electron chi connectivity index (χ2n) is 2.17. The summed E-state index contributed by atoms with van der Waals surface area (Å²) < 4.78 is 0. The average Bonchev–Trinajstić information content (AvgIpc) is 2.01. The monoisotopic (exact) mass is 167 g/mol. The smallest absolute Gasteiger partial charge is 0.306 e. The lowest BCUT2D eigenvalue weighted by atomic mass is 10.1. The van der Waals surface area contributed by atoms with Crippen LogP contribution in [0.5, 0.6) is 0 Å². The van der Waals surface area contributed by atoms with E-state index in [4.69, 9.17) is 16.1 Å². The van der Waals surface area contributed by atoms with Crippen molar-refractivity contribution in [2.75, 3.05) is 0 Å². The van der Waals surface area contributed by atoms with Gasteiger partial charge >= 0.3 is 5.96 Å². The topological polar surface area (TPSA) is 128 Å². The van der Waals surface area contributed by atoms with Gasteiger partial charge < -0.3 is 5.21 Å². The normalized spacial score (nSPS) is 29.5. The highest BCUT2D eigenvalue weighted by Gasteiger charge is 2.37. The molecule has 1 aliphatic rings. The Morgan fingerprint density at radius 1 is 1.67 bits per heavy atom. The molecule has 7 nitrogen and oxygen atoms in total. The van der Waals surface area contributed by atoms with Gasteiger partial charge in [0.2, 0.25) is 11.8 Å². The summed E-state index contributed by atoms with van der Waals surface area (Å²) in [5, 5.41) is 34.1. The Morgan fingerprint density at radius 3 is 2.75 bits per heavy atom. The van der Waals surface area contributed by atoms with E-state index in [1.54, 1.807) is 0 Å². The van der Waals surface area contributed by atoms with Crippen LogP contribution >= 0.6 is 0 Å². The van der Waals surface area contributed by atoms with Crippen molar-refractivity contribution in [1.29, 1.82) is 16.1 Å². The van der Waals surface area contributed by atoms with Crippen LogP contribution < -0.4 is 10.4 Å². The number of amidine groups is 1. The van der Waals surface area contributed by atoms with Gasteiger partial charge in [-0.2, -0.15) is 5.26 Å². The third kappa shape index (κ3) is 1.05. The number of nitrogens with zero attached hydrogens (tertiary/aromatic N) is 1. The predicted octanol–water partition coefficient (Wildman–Crippen LogP) is -2.45. The molecule has 2 atom stereocenters. The third-order valence-electron chi connectivity index (χ3n) is 1.40. The van der Waals surface area contributed by atoms with Crippen LogP contribution in [0.1, 0.15) is 0 Å². The molecule has 0 aliphatic carbocycles. The number of carbonyl (C=O) groups is 1. The highest BCUT2D eigenvalue weighted by Crippen LogP contribution is 1.95. The lowest BCUT2D eigenvalue weighted by Gasteiger charge is -2.27. The Labute approximate surface area is 67.2 Å². The summed E-state index contributed by atoms with van der Waals surface area (Å²) >= 11 is 0. The van der Waals surface area contributed by atoms with Gasteiger partial charge in [0.1, 0.15) is 0 Å². The molecule has 0 saturated carbocycles. The number of nitrogens with one attached hydrogen (secondary N) is 4. The van der Waals surface area contributed by atoms with E-state index in [9.17, 15) is 10.0 Å². The van der Waals surface area contributed by atoms with Crippen molar-refractivity contribution in [1.82, 2.24) is 5.32 Å². The van der Waals surface area contributed by atoms with Crippen molar-refractivity contribution in [2.45, 2.75) is 0 Å². The Hall–Kier alpha value is -1.78. The Bertz CT molecular complexity index is 303. The molecule has 1 amide bonds. The van der Waals surface area contributed by atoms with Crippen LogP contribution in [0, 0.1) is 33.3 Å². The van der Waals surface area contributed by atoms with E-state index < -0.39 is 28.7 Å². The Morgan fingerprint density at radius 2 is 2.25 bits per heavy atom. The first-order chi connectivity index (χ1) is 5.57. The van der Waals surface area contributed by atoms with Crippen molar-refractivity contribution < 1.29 is 9.86 Å². The summed E-state index contributed by atoms with van der Waals surface area (Å²) in [6.45, 7) is 0. The Kier molecular flexibility index (Phi) is 1.86. The highest BCUT2D eigenvalue weighted by molar-refractivity contribution is 6.11. The largest absolute Gasteiger partial charge is 0.620 e. The van der Waals surface area contributed by atoms with Gasteiger partial charge in [-0.3, -0.25) is 20.6 Å². The quantitative estimate of drug-likeness (QED) is 0.299. The summed E-state index contributed by atoms with van der Waals surface area (Å²) in [5.41, 5.74) is 0. The van der Waals surface area contributed by atoms with Crippen molar-refractivity contribution in [2.24, 2.45) is 5.92 Å². The first-order valence-corrected chi connectivity index (χ1v) is 3.00. The van der Waals surface area contributed by atoms with Crippen molar-refractivity contribution >= 4 is 17.7 Å². The highest BCUT2D eigenvalue weighted by atomic mass is 16.5. The lowest BCUT2D eigenvalue weighted by molar-refractivity contribution is -0.646. The molecule has 1 rings (SSSR count). The van der Waals surface area contributed by atoms with Crippen LogP contribution in [0.3, 0.4) is 0 Å².